The molecule has 1 aliphatic heterocycles. The molecule has 1 heterocycles. The monoisotopic (exact) mass is 355 g/mol. The number of nitrogens with zero attached hydrogens (tertiary/aromatic N) is 2. The number of hydrogen-bond donors (Lipinski definition) is 1. The lowest BCUT2D eigenvalue weighted by molar-refractivity contribution is -0.117. The Kier molecular flexibility index (Phi) is 4.06. The molecule has 118 valence electrons. The van der Waals surface area contributed by atoms with Crippen LogP contribution in [0.4, 0.5) is 14.5 Å². The van der Waals surface area contributed by atoms with Crippen LogP contribution >= 0.6 is 23.2 Å². The molecule has 0 aliphatic carbocycles. The molecular formula is C15H9Cl2F2N3O. The maximum absolute atomic E-state index is 14.2. The minimum Gasteiger partial charge on any atom is -0.274 e. The summed E-state index contributed by atoms with van der Waals surface area (Å²) in [5, 5.41) is 1.00. The normalized spacial score (nSPS) is 14.4. The van der Waals surface area contributed by atoms with Crippen LogP contribution in [-0.2, 0) is 4.79 Å². The first kappa shape index (κ1) is 15.9. The summed E-state index contributed by atoms with van der Waals surface area (Å²) in [6.07, 6.45) is 0. The minimum atomic E-state index is -0.830. The Morgan fingerprint density at radius 2 is 1.74 bits per heavy atom. The summed E-state index contributed by atoms with van der Waals surface area (Å²) in [4.78, 5) is 16.0. The van der Waals surface area contributed by atoms with Crippen molar-refractivity contribution in [2.75, 3.05) is 11.6 Å². The van der Waals surface area contributed by atoms with Gasteiger partial charge in [-0.15, -0.1) is 0 Å². The largest absolute Gasteiger partial charge is 0.274 e. The number of fused-ring (bicyclic) bond motifs is 1. The van der Waals surface area contributed by atoms with E-state index in [1.165, 1.54) is 18.2 Å². The Labute approximate surface area is 140 Å². The molecule has 0 unspecified atom stereocenters. The molecule has 1 amide bonds. The second kappa shape index (κ2) is 5.88. The molecule has 3 rings (SSSR count). The van der Waals surface area contributed by atoms with Gasteiger partial charge >= 0.3 is 0 Å². The van der Waals surface area contributed by atoms with Gasteiger partial charge in [0.1, 0.15) is 18.2 Å². The highest BCUT2D eigenvalue weighted by Crippen LogP contribution is 2.36. The van der Waals surface area contributed by atoms with Gasteiger partial charge in [0, 0.05) is 5.56 Å². The molecule has 0 aromatic heterocycles. The number of amides is 1. The Morgan fingerprint density at radius 1 is 1.09 bits per heavy atom. The first-order chi connectivity index (χ1) is 10.9. The van der Waals surface area contributed by atoms with E-state index >= 15 is 0 Å². The molecule has 4 nitrogen and oxygen atoms in total. The van der Waals surface area contributed by atoms with Crippen LogP contribution in [0.25, 0.3) is 0 Å². The Bertz CT molecular complexity index is 835. The molecule has 0 spiro atoms. The number of anilines is 1. The van der Waals surface area contributed by atoms with Crippen molar-refractivity contribution in [1.29, 1.82) is 0 Å². The molecule has 23 heavy (non-hydrogen) atoms. The molecule has 0 bridgehead atoms. The fourth-order valence-electron chi connectivity index (χ4n) is 2.33. The van der Waals surface area contributed by atoms with E-state index in [9.17, 15) is 13.6 Å². The van der Waals surface area contributed by atoms with Gasteiger partial charge in [-0.05, 0) is 24.3 Å². The summed E-state index contributed by atoms with van der Waals surface area (Å²) in [5.41, 5.74) is -0.217. The minimum absolute atomic E-state index is 0.00993. The number of hydrazine groups is 1. The SMILES string of the molecule is NN1C(=O)CN=C(c2c(F)cccc2F)c2c1ccc(Cl)c2Cl. The van der Waals surface area contributed by atoms with Gasteiger partial charge in [-0.25, -0.2) is 19.6 Å². The molecular weight excluding hydrogens is 347 g/mol. The Balaban J connectivity index is 2.37. The summed E-state index contributed by atoms with van der Waals surface area (Å²) in [5.74, 6) is 3.54. The van der Waals surface area contributed by atoms with E-state index in [1.807, 2.05) is 0 Å². The highest BCUT2D eigenvalue weighted by atomic mass is 35.5. The van der Waals surface area contributed by atoms with Crippen molar-refractivity contribution < 1.29 is 13.6 Å². The van der Waals surface area contributed by atoms with Crippen molar-refractivity contribution in [2.45, 2.75) is 0 Å². The smallest absolute Gasteiger partial charge is 0.262 e. The zero-order valence-corrected chi connectivity index (χ0v) is 13.0. The third-order valence-electron chi connectivity index (χ3n) is 3.41. The van der Waals surface area contributed by atoms with Gasteiger partial charge in [0.15, 0.2) is 0 Å². The lowest BCUT2D eigenvalue weighted by Crippen LogP contribution is -2.38. The van der Waals surface area contributed by atoms with Crippen molar-refractivity contribution >= 4 is 40.5 Å². The maximum Gasteiger partial charge on any atom is 0.262 e. The number of benzodiazepines with no additional fused rings is 1. The fraction of sp³-hybridized carbons (Fsp3) is 0.0667. The van der Waals surface area contributed by atoms with Crippen LogP contribution in [0.1, 0.15) is 11.1 Å². The molecule has 0 radical (unpaired) electrons. The third kappa shape index (κ3) is 2.59. The zero-order valence-electron chi connectivity index (χ0n) is 11.5. The van der Waals surface area contributed by atoms with E-state index in [1.54, 1.807) is 0 Å². The molecule has 0 saturated heterocycles. The lowest BCUT2D eigenvalue weighted by atomic mass is 9.99. The van der Waals surface area contributed by atoms with Crippen molar-refractivity contribution in [1.82, 2.24) is 0 Å². The van der Waals surface area contributed by atoms with Crippen LogP contribution in [-0.4, -0.2) is 18.2 Å². The second-order valence-electron chi connectivity index (χ2n) is 4.78. The average Bonchev–Trinajstić information content (AvgIpc) is 2.63. The van der Waals surface area contributed by atoms with E-state index in [4.69, 9.17) is 29.0 Å². The zero-order chi connectivity index (χ0) is 16.7. The molecule has 0 atom stereocenters. The fourth-order valence-corrected chi connectivity index (χ4v) is 2.74. The Hall–Kier alpha value is -2.02. The highest BCUT2D eigenvalue weighted by Gasteiger charge is 2.29. The first-order valence-electron chi connectivity index (χ1n) is 6.46. The van der Waals surface area contributed by atoms with Crippen LogP contribution in [0.3, 0.4) is 0 Å². The summed E-state index contributed by atoms with van der Waals surface area (Å²) < 4.78 is 28.3. The van der Waals surface area contributed by atoms with Crippen LogP contribution in [0.5, 0.6) is 0 Å². The molecule has 0 saturated carbocycles. The van der Waals surface area contributed by atoms with Gasteiger partial charge in [-0.2, -0.15) is 0 Å². The number of nitrogens with two attached hydrogens (primary N) is 1. The summed E-state index contributed by atoms with van der Waals surface area (Å²) in [7, 11) is 0. The molecule has 1 aliphatic rings. The first-order valence-corrected chi connectivity index (χ1v) is 7.22. The average molecular weight is 356 g/mol. The van der Waals surface area contributed by atoms with E-state index in [-0.39, 0.29) is 39.1 Å². The standard InChI is InChI=1S/C15H9Cl2F2N3O/c16-7-4-5-10-13(14(7)17)15(21-6-11(23)22(10)20)12-8(18)2-1-3-9(12)19/h1-5H,6,20H2. The van der Waals surface area contributed by atoms with Crippen molar-refractivity contribution in [3.05, 3.63) is 63.1 Å². The van der Waals surface area contributed by atoms with E-state index in [0.29, 0.717) is 0 Å². The maximum atomic E-state index is 14.2. The number of carbonyl (C=O) groups excluding carboxylic acids is 1. The number of rotatable bonds is 1. The van der Waals surface area contributed by atoms with Gasteiger partial charge in [0.05, 0.1) is 27.0 Å². The predicted octanol–water partition coefficient (Wildman–Crippen LogP) is 3.33. The Morgan fingerprint density at radius 3 is 2.39 bits per heavy atom. The van der Waals surface area contributed by atoms with E-state index < -0.39 is 17.5 Å². The van der Waals surface area contributed by atoms with Crippen LogP contribution < -0.4 is 10.9 Å². The van der Waals surface area contributed by atoms with Crippen molar-refractivity contribution in [3.63, 3.8) is 0 Å². The number of benzene rings is 2. The molecule has 0 fully saturated rings. The molecule has 2 aromatic carbocycles. The van der Waals surface area contributed by atoms with Gasteiger partial charge in [0.25, 0.3) is 5.91 Å². The molecule has 2 aromatic rings. The highest BCUT2D eigenvalue weighted by molar-refractivity contribution is 6.45. The lowest BCUT2D eigenvalue weighted by Gasteiger charge is -2.19. The summed E-state index contributed by atoms with van der Waals surface area (Å²) in [6, 6.07) is 6.29. The topological polar surface area (TPSA) is 58.7 Å². The van der Waals surface area contributed by atoms with Crippen LogP contribution in [0.15, 0.2) is 35.3 Å². The van der Waals surface area contributed by atoms with Crippen LogP contribution in [0.2, 0.25) is 10.0 Å². The van der Waals surface area contributed by atoms with Gasteiger partial charge in [0.2, 0.25) is 0 Å². The van der Waals surface area contributed by atoms with Crippen molar-refractivity contribution in [2.24, 2.45) is 10.8 Å². The van der Waals surface area contributed by atoms with Gasteiger partial charge < -0.3 is 0 Å². The summed E-state index contributed by atoms with van der Waals surface area (Å²) in [6.45, 7) is -0.373. The van der Waals surface area contributed by atoms with Crippen molar-refractivity contribution in [3.8, 4) is 0 Å². The molecule has 8 heteroatoms. The number of hydrogen-bond acceptors (Lipinski definition) is 3. The third-order valence-corrected chi connectivity index (χ3v) is 4.21. The van der Waals surface area contributed by atoms with Gasteiger partial charge in [-0.1, -0.05) is 29.3 Å². The van der Waals surface area contributed by atoms with E-state index in [0.717, 1.165) is 17.1 Å². The number of halogens is 4. The van der Waals surface area contributed by atoms with Gasteiger partial charge in [-0.3, -0.25) is 9.79 Å². The number of carbonyl (C=O) groups is 1. The van der Waals surface area contributed by atoms with E-state index in [2.05, 4.69) is 4.99 Å². The predicted molar refractivity (Wildman–Crippen MR) is 85.0 cm³/mol. The second-order valence-corrected chi connectivity index (χ2v) is 5.57. The summed E-state index contributed by atoms with van der Waals surface area (Å²) >= 11 is 12.2. The quantitative estimate of drug-likeness (QED) is 0.630. The molecule has 2 N–H and O–H groups in total. The van der Waals surface area contributed by atoms with Crippen LogP contribution in [0, 0.1) is 11.6 Å². The number of aliphatic imine (C=N–C) groups is 1.